The topological polar surface area (TPSA) is 12.0 Å². The van der Waals surface area contributed by atoms with Gasteiger partial charge in [-0.15, -0.1) is 11.3 Å². The monoisotopic (exact) mass is 277 g/mol. The number of thiophene rings is 1. The Labute approximate surface area is 117 Å². The Balaban J connectivity index is 1.79. The van der Waals surface area contributed by atoms with Crippen LogP contribution in [0.2, 0.25) is 5.02 Å². The molecule has 94 valence electrons. The van der Waals surface area contributed by atoms with Crippen LogP contribution < -0.4 is 5.32 Å². The fourth-order valence-electron chi connectivity index (χ4n) is 1.98. The van der Waals surface area contributed by atoms with Gasteiger partial charge in [-0.3, -0.25) is 0 Å². The van der Waals surface area contributed by atoms with Crippen molar-refractivity contribution in [2.24, 2.45) is 0 Å². The summed E-state index contributed by atoms with van der Waals surface area (Å²) in [5.41, 5.74) is 2.41. The van der Waals surface area contributed by atoms with Crippen LogP contribution in [0.5, 0.6) is 0 Å². The summed E-state index contributed by atoms with van der Waals surface area (Å²) in [6, 6.07) is 11.4. The van der Waals surface area contributed by atoms with Crippen LogP contribution in [-0.2, 0) is 6.54 Å². The molecule has 0 unspecified atom stereocenters. The summed E-state index contributed by atoms with van der Waals surface area (Å²) < 4.78 is 0. The zero-order valence-corrected chi connectivity index (χ0v) is 11.9. The van der Waals surface area contributed by atoms with Crippen molar-refractivity contribution in [1.82, 2.24) is 5.32 Å². The van der Waals surface area contributed by atoms with Crippen molar-refractivity contribution in [3.63, 3.8) is 0 Å². The third kappa shape index (κ3) is 2.77. The van der Waals surface area contributed by atoms with Crippen LogP contribution in [0.4, 0.5) is 0 Å². The number of nitrogens with one attached hydrogen (secondary N) is 1. The Hall–Kier alpha value is -0.830. The van der Waals surface area contributed by atoms with Crippen molar-refractivity contribution < 1.29 is 0 Å². The second-order valence-electron chi connectivity index (χ2n) is 4.87. The van der Waals surface area contributed by atoms with E-state index in [-0.39, 0.29) is 0 Å². The summed E-state index contributed by atoms with van der Waals surface area (Å²) in [5, 5.41) is 4.36. The highest BCUT2D eigenvalue weighted by molar-refractivity contribution is 7.15. The number of hydrogen-bond acceptors (Lipinski definition) is 2. The fraction of sp³-hybridized carbons (Fsp3) is 0.333. The highest BCUT2D eigenvalue weighted by Gasteiger charge is 2.20. The summed E-state index contributed by atoms with van der Waals surface area (Å²) in [6.45, 7) is 3.01. The van der Waals surface area contributed by atoms with E-state index < -0.39 is 0 Å². The summed E-state index contributed by atoms with van der Waals surface area (Å²) in [4.78, 5) is 2.62. The normalized spacial score (nSPS) is 15.0. The Kier molecular flexibility index (Phi) is 3.42. The first-order chi connectivity index (χ1) is 8.72. The lowest BCUT2D eigenvalue weighted by Crippen LogP contribution is -2.15. The molecule has 0 atom stereocenters. The molecule has 1 heterocycles. The van der Waals surface area contributed by atoms with Gasteiger partial charge in [-0.05, 0) is 49.1 Å². The van der Waals surface area contributed by atoms with Gasteiger partial charge in [0.15, 0.2) is 0 Å². The third-order valence-corrected chi connectivity index (χ3v) is 4.64. The molecule has 1 aromatic carbocycles. The highest BCUT2D eigenvalue weighted by atomic mass is 35.5. The van der Waals surface area contributed by atoms with Crippen molar-refractivity contribution in [3.05, 3.63) is 45.8 Å². The summed E-state index contributed by atoms with van der Waals surface area (Å²) in [7, 11) is 0. The zero-order valence-electron chi connectivity index (χ0n) is 10.4. The Morgan fingerprint density at radius 1 is 1.28 bits per heavy atom. The molecule has 0 aliphatic heterocycles. The predicted molar refractivity (Wildman–Crippen MR) is 79.4 cm³/mol. The van der Waals surface area contributed by atoms with Gasteiger partial charge in [0.1, 0.15) is 0 Å². The smallest absolute Gasteiger partial charge is 0.0457 e. The number of halogens is 1. The maximum atomic E-state index is 6.35. The number of aryl methyl sites for hydroxylation is 1. The van der Waals surface area contributed by atoms with Gasteiger partial charge in [0, 0.05) is 27.4 Å². The van der Waals surface area contributed by atoms with E-state index in [9.17, 15) is 0 Å². The molecule has 1 fully saturated rings. The minimum Gasteiger partial charge on any atom is -0.310 e. The molecule has 1 nitrogen and oxygen atoms in total. The molecular formula is C15H16ClNS. The zero-order chi connectivity index (χ0) is 12.5. The highest BCUT2D eigenvalue weighted by Crippen LogP contribution is 2.31. The molecule has 1 aliphatic rings. The van der Waals surface area contributed by atoms with Gasteiger partial charge in [-0.1, -0.05) is 23.7 Å². The molecule has 0 saturated heterocycles. The molecule has 0 bridgehead atoms. The summed E-state index contributed by atoms with van der Waals surface area (Å²) in [6.07, 6.45) is 2.62. The van der Waals surface area contributed by atoms with Crippen molar-refractivity contribution >= 4 is 22.9 Å². The van der Waals surface area contributed by atoms with E-state index in [0.717, 1.165) is 17.6 Å². The van der Waals surface area contributed by atoms with Crippen molar-refractivity contribution in [2.75, 3.05) is 0 Å². The number of hydrogen-bond donors (Lipinski definition) is 1. The molecule has 1 aromatic heterocycles. The van der Waals surface area contributed by atoms with Crippen LogP contribution in [0, 0.1) is 6.92 Å². The van der Waals surface area contributed by atoms with Gasteiger partial charge in [-0.2, -0.15) is 0 Å². The number of benzene rings is 1. The Morgan fingerprint density at radius 2 is 2.11 bits per heavy atom. The maximum Gasteiger partial charge on any atom is 0.0457 e. The van der Waals surface area contributed by atoms with Gasteiger partial charge in [-0.25, -0.2) is 0 Å². The maximum absolute atomic E-state index is 6.35. The minimum absolute atomic E-state index is 0.723. The van der Waals surface area contributed by atoms with E-state index in [1.807, 2.05) is 11.3 Å². The second-order valence-corrected chi connectivity index (χ2v) is 6.57. The third-order valence-electron chi connectivity index (χ3n) is 3.24. The molecule has 1 saturated carbocycles. The average Bonchev–Trinajstić information content (AvgIpc) is 3.08. The van der Waals surface area contributed by atoms with E-state index in [1.165, 1.54) is 33.7 Å². The SMILES string of the molecule is Cc1ccc(-c2ccc(CNC3CC3)c(Cl)c2)s1. The molecular weight excluding hydrogens is 262 g/mol. The van der Waals surface area contributed by atoms with Crippen LogP contribution in [0.1, 0.15) is 23.3 Å². The van der Waals surface area contributed by atoms with E-state index in [0.29, 0.717) is 0 Å². The largest absolute Gasteiger partial charge is 0.310 e. The van der Waals surface area contributed by atoms with Crippen molar-refractivity contribution in [3.8, 4) is 10.4 Å². The molecule has 0 radical (unpaired) electrons. The lowest BCUT2D eigenvalue weighted by atomic mass is 10.1. The second kappa shape index (κ2) is 5.04. The Bertz CT molecular complexity index is 557. The number of rotatable bonds is 4. The summed E-state index contributed by atoms with van der Waals surface area (Å²) >= 11 is 8.16. The van der Waals surface area contributed by atoms with E-state index >= 15 is 0 Å². The predicted octanol–water partition coefficient (Wildman–Crippen LogP) is 4.63. The average molecular weight is 278 g/mol. The van der Waals surface area contributed by atoms with Crippen LogP contribution in [-0.4, -0.2) is 6.04 Å². The van der Waals surface area contributed by atoms with Crippen molar-refractivity contribution in [1.29, 1.82) is 0 Å². The lowest BCUT2D eigenvalue weighted by Gasteiger charge is -2.07. The van der Waals surface area contributed by atoms with Crippen LogP contribution in [0.25, 0.3) is 10.4 Å². The molecule has 1 N–H and O–H groups in total. The first-order valence-corrected chi connectivity index (χ1v) is 7.50. The van der Waals surface area contributed by atoms with E-state index in [2.05, 4.69) is 42.6 Å². The molecule has 3 rings (SSSR count). The van der Waals surface area contributed by atoms with Crippen LogP contribution in [0.15, 0.2) is 30.3 Å². The molecule has 3 heteroatoms. The van der Waals surface area contributed by atoms with E-state index in [1.54, 1.807) is 0 Å². The quantitative estimate of drug-likeness (QED) is 0.859. The molecule has 18 heavy (non-hydrogen) atoms. The van der Waals surface area contributed by atoms with Crippen LogP contribution in [0.3, 0.4) is 0 Å². The molecule has 2 aromatic rings. The minimum atomic E-state index is 0.723. The van der Waals surface area contributed by atoms with E-state index in [4.69, 9.17) is 11.6 Å². The lowest BCUT2D eigenvalue weighted by molar-refractivity contribution is 0.688. The summed E-state index contributed by atoms with van der Waals surface area (Å²) in [5.74, 6) is 0. The van der Waals surface area contributed by atoms with Crippen LogP contribution >= 0.6 is 22.9 Å². The standard InChI is InChI=1S/C15H16ClNS/c1-10-2-7-15(18-10)11-3-4-12(14(16)8-11)9-17-13-5-6-13/h2-4,7-8,13,17H,5-6,9H2,1H3. The van der Waals surface area contributed by atoms with Crippen molar-refractivity contribution in [2.45, 2.75) is 32.4 Å². The van der Waals surface area contributed by atoms with Gasteiger partial charge in [0.2, 0.25) is 0 Å². The molecule has 0 amide bonds. The first kappa shape index (κ1) is 12.2. The van der Waals surface area contributed by atoms with Gasteiger partial charge in [0.25, 0.3) is 0 Å². The van der Waals surface area contributed by atoms with Gasteiger partial charge < -0.3 is 5.32 Å². The Morgan fingerprint density at radius 3 is 2.72 bits per heavy atom. The first-order valence-electron chi connectivity index (χ1n) is 6.31. The van der Waals surface area contributed by atoms with Gasteiger partial charge >= 0.3 is 0 Å². The molecule has 1 aliphatic carbocycles. The molecule has 0 spiro atoms. The fourth-order valence-corrected chi connectivity index (χ4v) is 3.09. The van der Waals surface area contributed by atoms with Gasteiger partial charge in [0.05, 0.1) is 0 Å².